The number of amides is 2. The number of rotatable bonds is 8. The topological polar surface area (TPSA) is 70.7 Å². The van der Waals surface area contributed by atoms with Crippen LogP contribution in [0, 0.1) is 0 Å². The number of hydrogen-bond acceptors (Lipinski definition) is 5. The second kappa shape index (κ2) is 10.4. The Morgan fingerprint density at radius 3 is 2.66 bits per heavy atom. The highest BCUT2D eigenvalue weighted by atomic mass is 32.1. The van der Waals surface area contributed by atoms with Gasteiger partial charge in [0.15, 0.2) is 0 Å². The quantitative estimate of drug-likeness (QED) is 0.553. The number of ether oxygens (including phenoxy) is 1. The van der Waals surface area contributed by atoms with Crippen LogP contribution >= 0.6 is 11.3 Å². The first kappa shape index (κ1) is 22.0. The summed E-state index contributed by atoms with van der Waals surface area (Å²) in [6.45, 7) is 2.21. The van der Waals surface area contributed by atoms with Crippen molar-refractivity contribution < 1.29 is 14.3 Å². The molecular weight excluding hydrogens is 422 g/mol. The van der Waals surface area contributed by atoms with Gasteiger partial charge in [0, 0.05) is 24.5 Å². The largest absolute Gasteiger partial charge is 0.496 e. The third-order valence-corrected chi connectivity index (χ3v) is 6.74. The Hall–Kier alpha value is -3.16. The number of nitrogens with zero attached hydrogens (tertiary/aromatic N) is 1. The fourth-order valence-corrected chi connectivity index (χ4v) is 4.92. The van der Waals surface area contributed by atoms with Crippen LogP contribution < -0.4 is 15.4 Å². The lowest BCUT2D eigenvalue weighted by Crippen LogP contribution is -2.43. The second-order valence-corrected chi connectivity index (χ2v) is 8.70. The van der Waals surface area contributed by atoms with E-state index in [0.717, 1.165) is 19.5 Å². The highest BCUT2D eigenvalue weighted by Crippen LogP contribution is 2.30. The highest BCUT2D eigenvalue weighted by Gasteiger charge is 2.26. The number of thiophene rings is 1. The number of fused-ring (bicyclic) bond motifs is 1. The van der Waals surface area contributed by atoms with Gasteiger partial charge in [-0.05, 0) is 41.1 Å². The molecular formula is C25H27N3O3S. The van der Waals surface area contributed by atoms with Crippen LogP contribution in [0.15, 0.2) is 66.0 Å². The number of methoxy groups -OCH3 is 1. The Kier molecular flexibility index (Phi) is 7.19. The standard InChI is InChI=1S/C25H27N3O3S/c1-31-22-10-6-5-9-20(22)25(30)27-16-24(29)26-15-21(18-7-3-2-4-8-18)28-13-11-23-19(17-28)12-14-32-23/h2-10,12,14,21H,11,13,15-17H2,1H3,(H,26,29)(H,27,30). The van der Waals surface area contributed by atoms with Crippen molar-refractivity contribution in [3.05, 3.63) is 87.6 Å². The van der Waals surface area contributed by atoms with Crippen molar-refractivity contribution in [2.75, 3.05) is 26.7 Å². The maximum Gasteiger partial charge on any atom is 0.255 e. The Morgan fingerprint density at radius 2 is 1.84 bits per heavy atom. The average Bonchev–Trinajstić information content (AvgIpc) is 3.31. The number of hydrogen-bond donors (Lipinski definition) is 2. The molecule has 166 valence electrons. The van der Waals surface area contributed by atoms with E-state index in [4.69, 9.17) is 4.74 Å². The number of benzene rings is 2. The first-order valence-corrected chi connectivity index (χ1v) is 11.6. The van der Waals surface area contributed by atoms with Gasteiger partial charge in [0.2, 0.25) is 5.91 Å². The van der Waals surface area contributed by atoms with Gasteiger partial charge in [0.1, 0.15) is 5.75 Å². The molecule has 0 bridgehead atoms. The van der Waals surface area contributed by atoms with Crippen LogP contribution in [0.1, 0.15) is 32.4 Å². The fraction of sp³-hybridized carbons (Fsp3) is 0.280. The van der Waals surface area contributed by atoms with Crippen molar-refractivity contribution in [3.8, 4) is 5.75 Å². The van der Waals surface area contributed by atoms with Gasteiger partial charge in [0.25, 0.3) is 5.91 Å². The Morgan fingerprint density at radius 1 is 1.06 bits per heavy atom. The van der Waals surface area contributed by atoms with Gasteiger partial charge in [-0.1, -0.05) is 42.5 Å². The first-order chi connectivity index (χ1) is 15.7. The van der Waals surface area contributed by atoms with Gasteiger partial charge in [-0.2, -0.15) is 0 Å². The van der Waals surface area contributed by atoms with E-state index in [0.29, 0.717) is 17.9 Å². The minimum Gasteiger partial charge on any atom is -0.496 e. The van der Waals surface area contributed by atoms with E-state index in [1.807, 2.05) is 29.5 Å². The lowest BCUT2D eigenvalue weighted by atomic mass is 10.0. The molecule has 0 saturated heterocycles. The number of carbonyl (C=O) groups excluding carboxylic acids is 2. The van der Waals surface area contributed by atoms with Gasteiger partial charge in [0.05, 0.1) is 25.3 Å². The lowest BCUT2D eigenvalue weighted by Gasteiger charge is -2.35. The van der Waals surface area contributed by atoms with Gasteiger partial charge in [-0.3, -0.25) is 14.5 Å². The van der Waals surface area contributed by atoms with Crippen LogP contribution in [0.2, 0.25) is 0 Å². The zero-order chi connectivity index (χ0) is 22.3. The Labute approximate surface area is 192 Å². The molecule has 0 saturated carbocycles. The van der Waals surface area contributed by atoms with Gasteiger partial charge in [-0.15, -0.1) is 11.3 Å². The monoisotopic (exact) mass is 449 g/mol. The molecule has 1 atom stereocenters. The fourth-order valence-electron chi connectivity index (χ4n) is 4.03. The number of nitrogens with one attached hydrogen (secondary N) is 2. The minimum absolute atomic E-state index is 0.0677. The highest BCUT2D eigenvalue weighted by molar-refractivity contribution is 7.10. The molecule has 6 nitrogen and oxygen atoms in total. The van der Waals surface area contributed by atoms with E-state index < -0.39 is 0 Å². The van der Waals surface area contributed by atoms with E-state index in [2.05, 4.69) is 39.1 Å². The SMILES string of the molecule is COc1ccccc1C(=O)NCC(=O)NCC(c1ccccc1)N1CCc2sccc2C1. The minimum atomic E-state index is -0.335. The van der Waals surface area contributed by atoms with Crippen LogP contribution in [0.3, 0.4) is 0 Å². The molecule has 1 aliphatic heterocycles. The molecule has 1 aliphatic rings. The zero-order valence-electron chi connectivity index (χ0n) is 18.0. The van der Waals surface area contributed by atoms with Crippen LogP contribution in [-0.4, -0.2) is 43.5 Å². The summed E-state index contributed by atoms with van der Waals surface area (Å²) in [5, 5.41) is 7.84. The predicted octanol–water partition coefficient (Wildman–Crippen LogP) is 3.40. The maximum atomic E-state index is 12.5. The van der Waals surface area contributed by atoms with Crippen molar-refractivity contribution in [2.24, 2.45) is 0 Å². The molecule has 4 rings (SSSR count). The molecule has 2 amide bonds. The number of para-hydroxylation sites is 1. The van der Waals surface area contributed by atoms with Gasteiger partial charge < -0.3 is 15.4 Å². The summed E-state index contributed by atoms with van der Waals surface area (Å²) < 4.78 is 5.22. The molecule has 1 unspecified atom stereocenters. The van der Waals surface area contributed by atoms with Crippen LogP contribution in [0.4, 0.5) is 0 Å². The van der Waals surface area contributed by atoms with Crippen LogP contribution in [0.5, 0.6) is 5.75 Å². The number of carbonyl (C=O) groups is 2. The normalized spacial score (nSPS) is 14.3. The molecule has 1 aromatic heterocycles. The van der Waals surface area contributed by atoms with E-state index >= 15 is 0 Å². The summed E-state index contributed by atoms with van der Waals surface area (Å²) >= 11 is 1.82. The van der Waals surface area contributed by atoms with Crippen molar-refractivity contribution in [1.82, 2.24) is 15.5 Å². The zero-order valence-corrected chi connectivity index (χ0v) is 18.9. The molecule has 2 N–H and O–H groups in total. The maximum absolute atomic E-state index is 12.5. The first-order valence-electron chi connectivity index (χ1n) is 10.7. The third kappa shape index (κ3) is 5.18. The summed E-state index contributed by atoms with van der Waals surface area (Å²) in [4.78, 5) is 28.9. The molecule has 0 aliphatic carbocycles. The van der Waals surface area contributed by atoms with Crippen molar-refractivity contribution >= 4 is 23.2 Å². The van der Waals surface area contributed by atoms with Crippen molar-refractivity contribution in [2.45, 2.75) is 19.0 Å². The molecule has 0 spiro atoms. The van der Waals surface area contributed by atoms with Crippen molar-refractivity contribution in [1.29, 1.82) is 0 Å². The van der Waals surface area contributed by atoms with Crippen molar-refractivity contribution in [3.63, 3.8) is 0 Å². The summed E-state index contributed by atoms with van der Waals surface area (Å²) in [6, 6.07) is 19.5. The summed E-state index contributed by atoms with van der Waals surface area (Å²) in [5.74, 6) is -0.0758. The van der Waals surface area contributed by atoms with Gasteiger partial charge >= 0.3 is 0 Å². The van der Waals surface area contributed by atoms with E-state index in [-0.39, 0.29) is 24.4 Å². The summed E-state index contributed by atoms with van der Waals surface area (Å²) in [7, 11) is 1.52. The molecule has 0 fully saturated rings. The molecule has 2 aromatic carbocycles. The Balaban J connectivity index is 1.37. The van der Waals surface area contributed by atoms with E-state index in [1.165, 1.54) is 23.1 Å². The van der Waals surface area contributed by atoms with Gasteiger partial charge in [-0.25, -0.2) is 0 Å². The van der Waals surface area contributed by atoms with E-state index in [9.17, 15) is 9.59 Å². The molecule has 3 aromatic rings. The van der Waals surface area contributed by atoms with Crippen LogP contribution in [0.25, 0.3) is 0 Å². The molecule has 7 heteroatoms. The third-order valence-electron chi connectivity index (χ3n) is 5.72. The second-order valence-electron chi connectivity index (χ2n) is 7.70. The van der Waals surface area contributed by atoms with Crippen LogP contribution in [-0.2, 0) is 17.8 Å². The molecule has 0 radical (unpaired) electrons. The Bertz CT molecular complexity index is 1070. The summed E-state index contributed by atoms with van der Waals surface area (Å²) in [5.41, 5.74) is 2.95. The smallest absolute Gasteiger partial charge is 0.255 e. The summed E-state index contributed by atoms with van der Waals surface area (Å²) in [6.07, 6.45) is 1.03. The van der Waals surface area contributed by atoms with E-state index in [1.54, 1.807) is 24.3 Å². The predicted molar refractivity (Wildman–Crippen MR) is 126 cm³/mol. The molecule has 32 heavy (non-hydrogen) atoms. The average molecular weight is 450 g/mol. The molecule has 2 heterocycles. The lowest BCUT2D eigenvalue weighted by molar-refractivity contribution is -0.120.